The molecule has 1 saturated heterocycles. The van der Waals surface area contributed by atoms with Gasteiger partial charge < -0.3 is 15.1 Å². The van der Waals surface area contributed by atoms with Gasteiger partial charge in [-0.25, -0.2) is 4.79 Å². The summed E-state index contributed by atoms with van der Waals surface area (Å²) in [6, 6.07) is 5.87. The predicted octanol–water partition coefficient (Wildman–Crippen LogP) is 2.64. The highest BCUT2D eigenvalue weighted by atomic mass is 16.2. The van der Waals surface area contributed by atoms with Crippen molar-refractivity contribution in [3.05, 3.63) is 29.3 Å². The molecule has 1 N–H and O–H groups in total. The van der Waals surface area contributed by atoms with Crippen LogP contribution in [-0.2, 0) is 4.79 Å². The second-order valence-electron chi connectivity index (χ2n) is 6.20. The molecule has 5 heteroatoms. The number of amides is 3. The lowest BCUT2D eigenvalue weighted by Crippen LogP contribution is -2.47. The summed E-state index contributed by atoms with van der Waals surface area (Å²) in [6.07, 6.45) is 1.69. The second kappa shape index (κ2) is 6.81. The summed E-state index contributed by atoms with van der Waals surface area (Å²) in [5, 5.41) is 3.02. The van der Waals surface area contributed by atoms with E-state index < -0.39 is 0 Å². The largest absolute Gasteiger partial charge is 0.331 e. The van der Waals surface area contributed by atoms with Crippen LogP contribution in [0, 0.1) is 19.8 Å². The van der Waals surface area contributed by atoms with Crippen molar-refractivity contribution < 1.29 is 9.59 Å². The van der Waals surface area contributed by atoms with Gasteiger partial charge in [-0.3, -0.25) is 4.79 Å². The monoisotopic (exact) mass is 303 g/mol. The molecule has 1 unspecified atom stereocenters. The molecule has 1 fully saturated rings. The van der Waals surface area contributed by atoms with E-state index in [4.69, 9.17) is 0 Å². The Morgan fingerprint density at radius 1 is 1.27 bits per heavy atom. The predicted molar refractivity (Wildman–Crippen MR) is 87.9 cm³/mol. The van der Waals surface area contributed by atoms with Crippen LogP contribution in [0.2, 0.25) is 0 Å². The average Bonchev–Trinajstić information content (AvgIpc) is 2.51. The van der Waals surface area contributed by atoms with E-state index in [1.807, 2.05) is 32.0 Å². The molecule has 1 aromatic carbocycles. The van der Waals surface area contributed by atoms with Crippen molar-refractivity contribution in [1.29, 1.82) is 0 Å². The van der Waals surface area contributed by atoms with Crippen molar-refractivity contribution in [2.75, 3.05) is 32.5 Å². The zero-order valence-electron chi connectivity index (χ0n) is 13.8. The van der Waals surface area contributed by atoms with Crippen molar-refractivity contribution in [3.63, 3.8) is 0 Å². The van der Waals surface area contributed by atoms with Crippen LogP contribution in [0.25, 0.3) is 0 Å². The fourth-order valence-corrected chi connectivity index (χ4v) is 2.77. The van der Waals surface area contributed by atoms with Gasteiger partial charge in [0, 0.05) is 32.9 Å². The number of rotatable bonds is 2. The molecule has 22 heavy (non-hydrogen) atoms. The van der Waals surface area contributed by atoms with E-state index in [2.05, 4.69) is 5.32 Å². The number of piperidine rings is 1. The molecular weight excluding hydrogens is 278 g/mol. The standard InChI is InChI=1S/C17H25N3O2/c1-12-7-5-9-15(13(12)2)18-16(21)14-8-6-10-20(11-14)17(22)19(3)4/h5,7,9,14H,6,8,10-11H2,1-4H3,(H,18,21). The van der Waals surface area contributed by atoms with Crippen LogP contribution < -0.4 is 5.32 Å². The van der Waals surface area contributed by atoms with Crippen LogP contribution in [0.5, 0.6) is 0 Å². The normalized spacial score (nSPS) is 18.0. The molecule has 0 aromatic heterocycles. The summed E-state index contributed by atoms with van der Waals surface area (Å²) in [4.78, 5) is 27.9. The Morgan fingerprint density at radius 2 is 2.00 bits per heavy atom. The SMILES string of the molecule is Cc1cccc(NC(=O)C2CCCN(C(=O)N(C)C)C2)c1C. The fraction of sp³-hybridized carbons (Fsp3) is 0.529. The zero-order valence-corrected chi connectivity index (χ0v) is 13.8. The third-order valence-corrected chi connectivity index (χ3v) is 4.31. The van der Waals surface area contributed by atoms with Crippen LogP contribution in [0.15, 0.2) is 18.2 Å². The number of anilines is 1. The highest BCUT2D eigenvalue weighted by Crippen LogP contribution is 2.22. The maximum absolute atomic E-state index is 12.5. The smallest absolute Gasteiger partial charge is 0.319 e. The first-order chi connectivity index (χ1) is 10.4. The summed E-state index contributed by atoms with van der Waals surface area (Å²) in [5.41, 5.74) is 3.11. The molecule has 120 valence electrons. The molecule has 0 aliphatic carbocycles. The van der Waals surface area contributed by atoms with E-state index in [1.165, 1.54) is 0 Å². The average molecular weight is 303 g/mol. The number of benzene rings is 1. The number of carbonyl (C=O) groups excluding carboxylic acids is 2. The first kappa shape index (κ1) is 16.3. The number of hydrogen-bond donors (Lipinski definition) is 1. The van der Waals surface area contributed by atoms with Crippen molar-refractivity contribution in [2.45, 2.75) is 26.7 Å². The van der Waals surface area contributed by atoms with E-state index in [0.717, 1.165) is 36.2 Å². The highest BCUT2D eigenvalue weighted by molar-refractivity contribution is 5.94. The quantitative estimate of drug-likeness (QED) is 0.913. The Bertz CT molecular complexity index is 569. The van der Waals surface area contributed by atoms with Crippen LogP contribution in [0.3, 0.4) is 0 Å². The minimum absolute atomic E-state index is 0.00459. The maximum atomic E-state index is 12.5. The molecule has 1 aliphatic heterocycles. The molecule has 5 nitrogen and oxygen atoms in total. The van der Waals surface area contributed by atoms with Crippen molar-refractivity contribution >= 4 is 17.6 Å². The lowest BCUT2D eigenvalue weighted by Gasteiger charge is -2.33. The summed E-state index contributed by atoms with van der Waals surface area (Å²) < 4.78 is 0. The Morgan fingerprint density at radius 3 is 2.68 bits per heavy atom. The number of aryl methyl sites for hydroxylation is 1. The lowest BCUT2D eigenvalue weighted by atomic mass is 9.97. The molecule has 0 radical (unpaired) electrons. The fourth-order valence-electron chi connectivity index (χ4n) is 2.77. The molecule has 0 spiro atoms. The van der Waals surface area contributed by atoms with Gasteiger partial charge in [-0.15, -0.1) is 0 Å². The summed E-state index contributed by atoms with van der Waals surface area (Å²) in [7, 11) is 3.48. The zero-order chi connectivity index (χ0) is 16.3. The van der Waals surface area contributed by atoms with Gasteiger partial charge in [-0.1, -0.05) is 12.1 Å². The summed E-state index contributed by atoms with van der Waals surface area (Å²) >= 11 is 0. The molecular formula is C17H25N3O2. The Labute approximate surface area is 132 Å². The molecule has 1 atom stereocenters. The number of urea groups is 1. The van der Waals surface area contributed by atoms with Crippen molar-refractivity contribution in [1.82, 2.24) is 9.80 Å². The number of nitrogens with zero attached hydrogens (tertiary/aromatic N) is 2. The second-order valence-corrected chi connectivity index (χ2v) is 6.20. The van der Waals surface area contributed by atoms with Crippen LogP contribution in [0.1, 0.15) is 24.0 Å². The number of hydrogen-bond acceptors (Lipinski definition) is 2. The topological polar surface area (TPSA) is 52.7 Å². The van der Waals surface area contributed by atoms with Gasteiger partial charge >= 0.3 is 6.03 Å². The third kappa shape index (κ3) is 3.59. The van der Waals surface area contributed by atoms with E-state index in [1.54, 1.807) is 23.9 Å². The molecule has 1 heterocycles. The minimum Gasteiger partial charge on any atom is -0.331 e. The van der Waals surface area contributed by atoms with Crippen molar-refractivity contribution in [2.24, 2.45) is 5.92 Å². The van der Waals surface area contributed by atoms with Crippen LogP contribution in [0.4, 0.5) is 10.5 Å². The molecule has 0 bridgehead atoms. The Kier molecular flexibility index (Phi) is 5.06. The molecule has 1 aliphatic rings. The molecule has 3 amide bonds. The maximum Gasteiger partial charge on any atom is 0.319 e. The van der Waals surface area contributed by atoms with Crippen molar-refractivity contribution in [3.8, 4) is 0 Å². The van der Waals surface area contributed by atoms with Gasteiger partial charge in [0.1, 0.15) is 0 Å². The van der Waals surface area contributed by atoms with Gasteiger partial charge in [0.2, 0.25) is 5.91 Å². The summed E-state index contributed by atoms with van der Waals surface area (Å²) in [6.45, 7) is 5.26. The Hall–Kier alpha value is -2.04. The van der Waals surface area contributed by atoms with Gasteiger partial charge in [0.05, 0.1) is 5.92 Å². The van der Waals surface area contributed by atoms with E-state index in [-0.39, 0.29) is 17.9 Å². The van der Waals surface area contributed by atoms with E-state index in [9.17, 15) is 9.59 Å². The van der Waals surface area contributed by atoms with Crippen LogP contribution >= 0.6 is 0 Å². The molecule has 1 aromatic rings. The van der Waals surface area contributed by atoms with E-state index >= 15 is 0 Å². The summed E-state index contributed by atoms with van der Waals surface area (Å²) in [5.74, 6) is -0.137. The first-order valence-electron chi connectivity index (χ1n) is 7.73. The highest BCUT2D eigenvalue weighted by Gasteiger charge is 2.29. The van der Waals surface area contributed by atoms with Gasteiger partial charge in [0.25, 0.3) is 0 Å². The lowest BCUT2D eigenvalue weighted by molar-refractivity contribution is -0.121. The Balaban J connectivity index is 2.03. The van der Waals surface area contributed by atoms with Crippen LogP contribution in [-0.4, -0.2) is 48.9 Å². The number of carbonyl (C=O) groups is 2. The molecule has 0 saturated carbocycles. The minimum atomic E-state index is -0.141. The van der Waals surface area contributed by atoms with Gasteiger partial charge in [0.15, 0.2) is 0 Å². The van der Waals surface area contributed by atoms with E-state index in [0.29, 0.717) is 6.54 Å². The number of nitrogens with one attached hydrogen (secondary N) is 1. The molecule has 2 rings (SSSR count). The van der Waals surface area contributed by atoms with Gasteiger partial charge in [-0.05, 0) is 43.9 Å². The number of likely N-dealkylation sites (tertiary alicyclic amines) is 1. The first-order valence-corrected chi connectivity index (χ1v) is 7.73. The third-order valence-electron chi connectivity index (χ3n) is 4.31. The van der Waals surface area contributed by atoms with Gasteiger partial charge in [-0.2, -0.15) is 0 Å².